The first kappa shape index (κ1) is 14.0. The molecule has 1 aliphatic heterocycles. The smallest absolute Gasteiger partial charge is 0.417 e. The Balaban J connectivity index is 2.10. The molecule has 1 saturated heterocycles. The van der Waals surface area contributed by atoms with Crippen molar-refractivity contribution in [2.45, 2.75) is 19.4 Å². The van der Waals surface area contributed by atoms with E-state index in [1.165, 1.54) is 6.92 Å². The molecule has 1 fully saturated rings. The number of ketones is 1. The monoisotopic (exact) mass is 273 g/mol. The molecule has 1 aromatic rings. The van der Waals surface area contributed by atoms with E-state index in [-0.39, 0.29) is 18.4 Å². The van der Waals surface area contributed by atoms with E-state index in [1.807, 2.05) is 30.3 Å². The van der Waals surface area contributed by atoms with Gasteiger partial charge in [0.05, 0.1) is 6.04 Å². The summed E-state index contributed by atoms with van der Waals surface area (Å²) in [6.07, 6.45) is 2.12. The van der Waals surface area contributed by atoms with Crippen LogP contribution in [0.25, 0.3) is 0 Å². The Morgan fingerprint density at radius 1 is 1.30 bits per heavy atom. The number of rotatable bonds is 4. The van der Waals surface area contributed by atoms with Crippen molar-refractivity contribution in [1.29, 1.82) is 0 Å². The lowest BCUT2D eigenvalue weighted by Crippen LogP contribution is -2.39. The zero-order valence-electron chi connectivity index (χ0n) is 11.1. The first-order chi connectivity index (χ1) is 9.58. The molecule has 0 spiro atoms. The lowest BCUT2D eigenvalue weighted by atomic mass is 10.1. The van der Waals surface area contributed by atoms with Crippen LogP contribution in [0.5, 0.6) is 0 Å². The number of hydrogen-bond donors (Lipinski definition) is 0. The van der Waals surface area contributed by atoms with Crippen LogP contribution in [0.15, 0.2) is 42.5 Å². The third kappa shape index (κ3) is 3.32. The quantitative estimate of drug-likeness (QED) is 0.784. The molecule has 2 rings (SSSR count). The zero-order valence-corrected chi connectivity index (χ0v) is 11.1. The second kappa shape index (κ2) is 6.14. The summed E-state index contributed by atoms with van der Waals surface area (Å²) in [5.41, 5.74) is 1.02. The highest BCUT2D eigenvalue weighted by Crippen LogP contribution is 2.17. The van der Waals surface area contributed by atoms with Crippen LogP contribution in [0, 0.1) is 0 Å². The summed E-state index contributed by atoms with van der Waals surface area (Å²) in [6, 6.07) is 9.21. The molecule has 0 bridgehead atoms. The number of cyclic esters (lactones) is 1. The number of benzene rings is 1. The van der Waals surface area contributed by atoms with Crippen molar-refractivity contribution in [3.8, 4) is 0 Å². The highest BCUT2D eigenvalue weighted by molar-refractivity contribution is 6.03. The Bertz CT molecular complexity index is 550. The molecule has 0 N–H and O–H groups in total. The molecule has 0 radical (unpaired) electrons. The van der Waals surface area contributed by atoms with Gasteiger partial charge in [-0.25, -0.2) is 9.69 Å². The number of imide groups is 1. The summed E-state index contributed by atoms with van der Waals surface area (Å²) >= 11 is 0. The van der Waals surface area contributed by atoms with Crippen LogP contribution < -0.4 is 0 Å². The van der Waals surface area contributed by atoms with Crippen molar-refractivity contribution in [3.63, 3.8) is 0 Å². The molecule has 0 unspecified atom stereocenters. The normalized spacial score (nSPS) is 18.4. The molecule has 20 heavy (non-hydrogen) atoms. The molecule has 1 heterocycles. The Morgan fingerprint density at radius 3 is 2.65 bits per heavy atom. The van der Waals surface area contributed by atoms with Crippen molar-refractivity contribution in [2.24, 2.45) is 0 Å². The number of hydrogen-bond acceptors (Lipinski definition) is 4. The molecule has 1 aliphatic rings. The van der Waals surface area contributed by atoms with E-state index in [1.54, 1.807) is 0 Å². The predicted octanol–water partition coefficient (Wildman–Crippen LogP) is 1.72. The van der Waals surface area contributed by atoms with Crippen LogP contribution >= 0.6 is 0 Å². The molecule has 0 aromatic heterocycles. The van der Waals surface area contributed by atoms with Crippen LogP contribution in [-0.4, -0.2) is 35.3 Å². The summed E-state index contributed by atoms with van der Waals surface area (Å²) in [5.74, 6) is -0.769. The molecular formula is C15H15NO4. The maximum Gasteiger partial charge on any atom is 0.417 e. The minimum atomic E-state index is -0.663. The van der Waals surface area contributed by atoms with Gasteiger partial charge < -0.3 is 4.74 Å². The molecule has 0 saturated carbocycles. The van der Waals surface area contributed by atoms with Crippen LogP contribution in [0.4, 0.5) is 4.79 Å². The topological polar surface area (TPSA) is 63.7 Å². The number of carbonyl (C=O) groups excluding carboxylic acids is 3. The average molecular weight is 273 g/mol. The predicted molar refractivity (Wildman–Crippen MR) is 71.9 cm³/mol. The SMILES string of the molecule is CC(=O)/C=C/C(=O)N1C(=O)OC[C@H]1Cc1ccccc1. The second-order valence-corrected chi connectivity index (χ2v) is 4.57. The Morgan fingerprint density at radius 2 is 2.00 bits per heavy atom. The van der Waals surface area contributed by atoms with Crippen molar-refractivity contribution in [3.05, 3.63) is 48.0 Å². The highest BCUT2D eigenvalue weighted by Gasteiger charge is 2.36. The van der Waals surface area contributed by atoms with Crippen LogP contribution in [0.3, 0.4) is 0 Å². The van der Waals surface area contributed by atoms with E-state index in [0.29, 0.717) is 6.42 Å². The average Bonchev–Trinajstić information content (AvgIpc) is 2.78. The lowest BCUT2D eigenvalue weighted by molar-refractivity contribution is -0.124. The number of allylic oxidation sites excluding steroid dienone is 1. The van der Waals surface area contributed by atoms with Crippen molar-refractivity contribution < 1.29 is 19.1 Å². The molecular weight excluding hydrogens is 258 g/mol. The summed E-state index contributed by atoms with van der Waals surface area (Å²) < 4.78 is 4.93. The van der Waals surface area contributed by atoms with Crippen LogP contribution in [0.1, 0.15) is 12.5 Å². The maximum atomic E-state index is 11.9. The maximum absolute atomic E-state index is 11.9. The fourth-order valence-corrected chi connectivity index (χ4v) is 2.04. The molecule has 5 nitrogen and oxygen atoms in total. The Hall–Kier alpha value is -2.43. The van der Waals surface area contributed by atoms with Gasteiger partial charge in [0.1, 0.15) is 6.61 Å². The number of ether oxygens (including phenoxy) is 1. The molecule has 1 aromatic carbocycles. The Labute approximate surface area is 116 Å². The van der Waals surface area contributed by atoms with Gasteiger partial charge in [0, 0.05) is 6.08 Å². The summed E-state index contributed by atoms with van der Waals surface area (Å²) in [7, 11) is 0. The standard InChI is InChI=1S/C15H15NO4/c1-11(17)7-8-14(18)16-13(10-20-15(16)19)9-12-5-3-2-4-6-12/h2-8,13H,9-10H2,1H3/b8-7+/t13-/m1/s1. The van der Waals surface area contributed by atoms with Gasteiger partial charge in [0.15, 0.2) is 5.78 Å². The molecule has 5 heteroatoms. The highest BCUT2D eigenvalue weighted by atomic mass is 16.6. The van der Waals surface area contributed by atoms with Gasteiger partial charge in [-0.3, -0.25) is 9.59 Å². The van der Waals surface area contributed by atoms with Gasteiger partial charge in [-0.2, -0.15) is 0 Å². The van der Waals surface area contributed by atoms with Crippen LogP contribution in [0.2, 0.25) is 0 Å². The Kier molecular flexibility index (Phi) is 4.30. The molecule has 0 aliphatic carbocycles. The zero-order chi connectivity index (χ0) is 14.5. The molecule has 104 valence electrons. The van der Waals surface area contributed by atoms with Gasteiger partial charge in [-0.05, 0) is 25.0 Å². The first-order valence-corrected chi connectivity index (χ1v) is 6.30. The van der Waals surface area contributed by atoms with E-state index in [9.17, 15) is 14.4 Å². The minimum absolute atomic E-state index is 0.174. The van der Waals surface area contributed by atoms with E-state index >= 15 is 0 Å². The van der Waals surface area contributed by atoms with Crippen LogP contribution in [-0.2, 0) is 20.7 Å². The van der Waals surface area contributed by atoms with E-state index in [4.69, 9.17) is 4.74 Å². The number of amides is 2. The van der Waals surface area contributed by atoms with Gasteiger partial charge in [-0.1, -0.05) is 30.3 Å². The van der Waals surface area contributed by atoms with E-state index in [2.05, 4.69) is 0 Å². The fourth-order valence-electron chi connectivity index (χ4n) is 2.04. The molecule has 1 atom stereocenters. The van der Waals surface area contributed by atoms with Gasteiger partial charge in [0.25, 0.3) is 5.91 Å². The largest absolute Gasteiger partial charge is 0.447 e. The third-order valence-electron chi connectivity index (χ3n) is 2.97. The fraction of sp³-hybridized carbons (Fsp3) is 0.267. The van der Waals surface area contributed by atoms with Gasteiger partial charge >= 0.3 is 6.09 Å². The third-order valence-corrected chi connectivity index (χ3v) is 2.97. The van der Waals surface area contributed by atoms with E-state index in [0.717, 1.165) is 22.6 Å². The summed E-state index contributed by atoms with van der Waals surface area (Å²) in [4.78, 5) is 35.5. The first-order valence-electron chi connectivity index (χ1n) is 6.30. The van der Waals surface area contributed by atoms with Crippen molar-refractivity contribution in [1.82, 2.24) is 4.90 Å². The van der Waals surface area contributed by atoms with Crippen molar-refractivity contribution in [2.75, 3.05) is 6.61 Å². The van der Waals surface area contributed by atoms with Crippen molar-refractivity contribution >= 4 is 17.8 Å². The number of nitrogens with zero attached hydrogens (tertiary/aromatic N) is 1. The summed E-state index contributed by atoms with van der Waals surface area (Å²) in [6.45, 7) is 1.51. The minimum Gasteiger partial charge on any atom is -0.447 e. The molecule has 2 amide bonds. The van der Waals surface area contributed by atoms with Gasteiger partial charge in [0.2, 0.25) is 0 Å². The number of carbonyl (C=O) groups is 3. The second-order valence-electron chi connectivity index (χ2n) is 4.57. The van der Waals surface area contributed by atoms with E-state index < -0.39 is 12.0 Å². The lowest BCUT2D eigenvalue weighted by Gasteiger charge is -2.17. The van der Waals surface area contributed by atoms with Gasteiger partial charge in [-0.15, -0.1) is 0 Å². The summed E-state index contributed by atoms with van der Waals surface area (Å²) in [5, 5.41) is 0.